The Kier molecular flexibility index (Phi) is 5.87. The molecule has 0 bridgehead atoms. The van der Waals surface area contributed by atoms with Crippen LogP contribution in [0.15, 0.2) is 41.9 Å². The van der Waals surface area contributed by atoms with Crippen molar-refractivity contribution < 1.29 is 9.53 Å². The predicted molar refractivity (Wildman–Crippen MR) is 117 cm³/mol. The molecule has 1 aromatic heterocycles. The van der Waals surface area contributed by atoms with E-state index < -0.39 is 6.04 Å². The zero-order chi connectivity index (χ0) is 21.4. The highest BCUT2D eigenvalue weighted by Crippen LogP contribution is 2.39. The summed E-state index contributed by atoms with van der Waals surface area (Å²) in [5, 5.41) is 8.18. The Hall–Kier alpha value is -2.34. The minimum atomic E-state index is -0.437. The van der Waals surface area contributed by atoms with Gasteiger partial charge >= 0.3 is 5.97 Å². The molecule has 1 N–H and O–H groups in total. The van der Waals surface area contributed by atoms with Gasteiger partial charge in [-0.05, 0) is 55.2 Å². The molecule has 4 rings (SSSR count). The van der Waals surface area contributed by atoms with Crippen LogP contribution in [-0.2, 0) is 9.53 Å². The second-order valence-electron chi connectivity index (χ2n) is 8.92. The van der Waals surface area contributed by atoms with Crippen LogP contribution in [0.25, 0.3) is 0 Å². The first-order valence-corrected chi connectivity index (χ1v) is 11.1. The number of esters is 1. The molecule has 1 aliphatic carbocycles. The number of fused-ring (bicyclic) bond motifs is 1. The number of rotatable bonds is 4. The van der Waals surface area contributed by atoms with Gasteiger partial charge in [0.25, 0.3) is 0 Å². The van der Waals surface area contributed by atoms with E-state index in [0.29, 0.717) is 34.3 Å². The molecule has 2 heterocycles. The lowest BCUT2D eigenvalue weighted by molar-refractivity contribution is -0.151. The van der Waals surface area contributed by atoms with E-state index in [9.17, 15) is 4.79 Å². The molecule has 7 heteroatoms. The fourth-order valence-corrected chi connectivity index (χ4v) is 4.99. The summed E-state index contributed by atoms with van der Waals surface area (Å²) in [6, 6.07) is 7.08. The van der Waals surface area contributed by atoms with Gasteiger partial charge in [-0.1, -0.05) is 50.9 Å². The molecule has 1 saturated carbocycles. The topological polar surface area (TPSA) is 69.0 Å². The van der Waals surface area contributed by atoms with Crippen LogP contribution in [0.3, 0.4) is 0 Å². The molecule has 4 atom stereocenters. The molecule has 160 valence electrons. The van der Waals surface area contributed by atoms with E-state index in [2.05, 4.69) is 36.2 Å². The number of ether oxygens (including phenoxy) is 1. The number of halogens is 1. The number of carbonyl (C=O) groups is 1. The summed E-state index contributed by atoms with van der Waals surface area (Å²) in [5.41, 5.74) is 2.16. The number of hydrogen-bond acceptors (Lipinski definition) is 5. The smallest absolute Gasteiger partial charge is 0.338 e. The zero-order valence-electron chi connectivity index (χ0n) is 17.9. The molecule has 0 saturated heterocycles. The van der Waals surface area contributed by atoms with Gasteiger partial charge in [-0.15, -0.1) is 0 Å². The summed E-state index contributed by atoms with van der Waals surface area (Å²) in [6.07, 6.45) is 4.61. The van der Waals surface area contributed by atoms with Crippen LogP contribution in [0.2, 0.25) is 5.02 Å². The monoisotopic (exact) mass is 428 g/mol. The van der Waals surface area contributed by atoms with Gasteiger partial charge in [0.1, 0.15) is 18.5 Å². The van der Waals surface area contributed by atoms with Crippen LogP contribution in [-0.4, -0.2) is 26.8 Å². The van der Waals surface area contributed by atoms with Crippen molar-refractivity contribution >= 4 is 23.5 Å². The third-order valence-electron chi connectivity index (χ3n) is 6.40. The van der Waals surface area contributed by atoms with Gasteiger partial charge in [0.15, 0.2) is 0 Å². The van der Waals surface area contributed by atoms with Crippen molar-refractivity contribution in [1.82, 2.24) is 14.8 Å². The molecule has 6 nitrogen and oxygen atoms in total. The van der Waals surface area contributed by atoms with Crippen molar-refractivity contribution in [3.63, 3.8) is 0 Å². The number of nitrogens with zero attached hydrogens (tertiary/aromatic N) is 3. The highest BCUT2D eigenvalue weighted by molar-refractivity contribution is 6.30. The van der Waals surface area contributed by atoms with Crippen molar-refractivity contribution in [3.8, 4) is 0 Å². The van der Waals surface area contributed by atoms with E-state index in [1.165, 1.54) is 12.7 Å². The van der Waals surface area contributed by atoms with Gasteiger partial charge in [-0.25, -0.2) is 9.48 Å². The van der Waals surface area contributed by atoms with E-state index in [1.54, 1.807) is 4.68 Å². The van der Waals surface area contributed by atoms with Gasteiger partial charge < -0.3 is 10.1 Å². The Balaban J connectivity index is 1.69. The van der Waals surface area contributed by atoms with Crippen molar-refractivity contribution in [2.24, 2.45) is 17.8 Å². The fraction of sp³-hybridized carbons (Fsp3) is 0.522. The van der Waals surface area contributed by atoms with E-state index in [4.69, 9.17) is 16.3 Å². The molecule has 1 aliphatic heterocycles. The molecular weight excluding hydrogens is 400 g/mol. The highest BCUT2D eigenvalue weighted by Gasteiger charge is 2.38. The summed E-state index contributed by atoms with van der Waals surface area (Å²) in [5.74, 6) is 1.72. The molecule has 1 fully saturated rings. The van der Waals surface area contributed by atoms with Crippen molar-refractivity contribution in [3.05, 3.63) is 52.4 Å². The number of nitrogens with one attached hydrogen (secondary N) is 1. The maximum Gasteiger partial charge on any atom is 0.338 e. The zero-order valence-corrected chi connectivity index (χ0v) is 18.7. The molecule has 0 spiro atoms. The molecule has 30 heavy (non-hydrogen) atoms. The Labute approximate surface area is 182 Å². The number of allylic oxidation sites excluding steroid dienone is 1. The normalized spacial score (nSPS) is 26.3. The van der Waals surface area contributed by atoms with Crippen LogP contribution in [0, 0.1) is 17.8 Å². The number of benzene rings is 1. The maximum atomic E-state index is 13.5. The second-order valence-corrected chi connectivity index (χ2v) is 9.36. The third kappa shape index (κ3) is 3.97. The lowest BCUT2D eigenvalue weighted by Crippen LogP contribution is -2.38. The second kappa shape index (κ2) is 8.42. The van der Waals surface area contributed by atoms with Crippen molar-refractivity contribution in [2.45, 2.75) is 59.1 Å². The van der Waals surface area contributed by atoms with E-state index in [1.807, 2.05) is 31.2 Å². The Morgan fingerprint density at radius 1 is 1.33 bits per heavy atom. The summed E-state index contributed by atoms with van der Waals surface area (Å²) >= 11 is 6.26. The molecular formula is C23H29ClN4O2. The number of aromatic nitrogens is 3. The largest absolute Gasteiger partial charge is 0.459 e. The molecule has 2 aliphatic rings. The van der Waals surface area contributed by atoms with E-state index in [0.717, 1.165) is 24.1 Å². The highest BCUT2D eigenvalue weighted by atomic mass is 35.5. The predicted octanol–water partition coefficient (Wildman–Crippen LogP) is 5.22. The average Bonchev–Trinajstić information content (AvgIpc) is 3.14. The van der Waals surface area contributed by atoms with E-state index >= 15 is 0 Å². The minimum Gasteiger partial charge on any atom is -0.459 e. The molecule has 0 amide bonds. The number of hydrogen-bond donors (Lipinski definition) is 1. The third-order valence-corrected chi connectivity index (χ3v) is 6.63. The lowest BCUT2D eigenvalue weighted by atomic mass is 9.75. The SMILES string of the molecule is CC1=C(C(=O)O[C@@H]2C[C@H](C)CC[C@H]2C(C)C)[C@@H](c2cccc(Cl)c2)n2ncnc2N1. The number of anilines is 1. The minimum absolute atomic E-state index is 0.0706. The number of carbonyl (C=O) groups excluding carboxylic acids is 1. The Morgan fingerprint density at radius 3 is 2.87 bits per heavy atom. The molecule has 0 radical (unpaired) electrons. The quantitative estimate of drug-likeness (QED) is 0.675. The first-order chi connectivity index (χ1) is 14.3. The van der Waals surface area contributed by atoms with Crippen LogP contribution >= 0.6 is 11.6 Å². The van der Waals surface area contributed by atoms with Gasteiger partial charge in [-0.2, -0.15) is 10.1 Å². The van der Waals surface area contributed by atoms with Crippen LogP contribution < -0.4 is 5.32 Å². The van der Waals surface area contributed by atoms with Gasteiger partial charge in [0.2, 0.25) is 5.95 Å². The standard InChI is InChI=1S/C23H29ClN4O2/c1-13(2)18-9-8-14(3)10-19(18)30-22(29)20-15(4)27-23-25-12-26-28(23)21(20)16-6-5-7-17(24)11-16/h5-7,11-14,18-19,21H,8-10H2,1-4H3,(H,25,26,27)/t14-,18+,19-,21-/m1/s1. The Bertz CT molecular complexity index is 968. The van der Waals surface area contributed by atoms with E-state index in [-0.39, 0.29) is 12.1 Å². The molecule has 2 aromatic rings. The first kappa shape index (κ1) is 20.9. The summed E-state index contributed by atoms with van der Waals surface area (Å²) in [7, 11) is 0. The van der Waals surface area contributed by atoms with Gasteiger partial charge in [0.05, 0.1) is 5.57 Å². The van der Waals surface area contributed by atoms with Crippen molar-refractivity contribution in [2.75, 3.05) is 5.32 Å². The lowest BCUT2D eigenvalue weighted by Gasteiger charge is -2.37. The summed E-state index contributed by atoms with van der Waals surface area (Å²) in [4.78, 5) is 17.8. The van der Waals surface area contributed by atoms with Gasteiger partial charge in [0, 0.05) is 10.7 Å². The van der Waals surface area contributed by atoms with Crippen molar-refractivity contribution in [1.29, 1.82) is 0 Å². The first-order valence-electron chi connectivity index (χ1n) is 10.7. The van der Waals surface area contributed by atoms with Crippen LogP contribution in [0.4, 0.5) is 5.95 Å². The maximum absolute atomic E-state index is 13.5. The van der Waals surface area contributed by atoms with Crippen LogP contribution in [0.1, 0.15) is 58.6 Å². The molecule has 1 aromatic carbocycles. The fourth-order valence-electron chi connectivity index (χ4n) is 4.79. The Morgan fingerprint density at radius 2 is 2.13 bits per heavy atom. The summed E-state index contributed by atoms with van der Waals surface area (Å²) < 4.78 is 7.91. The van der Waals surface area contributed by atoms with Crippen LogP contribution in [0.5, 0.6) is 0 Å². The van der Waals surface area contributed by atoms with Gasteiger partial charge in [-0.3, -0.25) is 0 Å². The average molecular weight is 429 g/mol. The summed E-state index contributed by atoms with van der Waals surface area (Å²) in [6.45, 7) is 8.55. The molecule has 0 unspecified atom stereocenters.